The van der Waals surface area contributed by atoms with Gasteiger partial charge in [-0.05, 0) is 16.7 Å². The number of benzene rings is 3. The smallest absolute Gasteiger partial charge is 0.230 e. The van der Waals surface area contributed by atoms with Crippen LogP contribution in [-0.2, 0) is 0 Å². The van der Waals surface area contributed by atoms with Gasteiger partial charge in [0.15, 0.2) is 0 Å². The highest BCUT2D eigenvalue weighted by molar-refractivity contribution is 5.39. The quantitative estimate of drug-likeness (QED) is 0.350. The van der Waals surface area contributed by atoms with Crippen molar-refractivity contribution in [3.8, 4) is 0 Å². The van der Waals surface area contributed by atoms with E-state index in [2.05, 4.69) is 18.2 Å². The molecule has 0 heterocycles. The van der Waals surface area contributed by atoms with Crippen LogP contribution in [0.5, 0.6) is 0 Å². The Kier molecular flexibility index (Phi) is 4.84. The molecule has 0 N–H and O–H groups in total. The van der Waals surface area contributed by atoms with Crippen molar-refractivity contribution in [3.63, 3.8) is 0 Å². The summed E-state index contributed by atoms with van der Waals surface area (Å²) in [4.78, 5) is 12.2. The van der Waals surface area contributed by atoms with Gasteiger partial charge >= 0.3 is 0 Å². The van der Waals surface area contributed by atoms with Crippen molar-refractivity contribution in [2.45, 2.75) is 23.8 Å². The molecule has 3 heteroatoms. The van der Waals surface area contributed by atoms with Crippen LogP contribution >= 0.6 is 0 Å². The Labute approximate surface area is 159 Å². The first kappa shape index (κ1) is 17.2. The van der Waals surface area contributed by atoms with Crippen LogP contribution in [0.4, 0.5) is 0 Å². The van der Waals surface area contributed by atoms with E-state index in [1.807, 2.05) is 84.9 Å². The molecule has 0 saturated carbocycles. The zero-order chi connectivity index (χ0) is 18.6. The van der Waals surface area contributed by atoms with Gasteiger partial charge in [0.2, 0.25) is 6.04 Å². The Morgan fingerprint density at radius 3 is 1.48 bits per heavy atom. The molecule has 4 rings (SSSR count). The molecule has 134 valence electrons. The highest BCUT2D eigenvalue weighted by Gasteiger charge is 2.46. The SMILES string of the molecule is O=[N+]([O-])[C@@H]1[C@@H](c2ccccc2)[C@@H](c2ccccc2)C=C[C@H]1c1ccccc1. The van der Waals surface area contributed by atoms with Crippen LogP contribution in [0.15, 0.2) is 103 Å². The minimum absolute atomic E-state index is 0.0241. The Balaban J connectivity index is 1.87. The van der Waals surface area contributed by atoms with Gasteiger partial charge in [0.25, 0.3) is 0 Å². The minimum Gasteiger partial charge on any atom is -0.264 e. The van der Waals surface area contributed by atoms with E-state index < -0.39 is 6.04 Å². The molecule has 0 fully saturated rings. The molecular weight excluding hydrogens is 334 g/mol. The van der Waals surface area contributed by atoms with E-state index >= 15 is 0 Å². The van der Waals surface area contributed by atoms with Crippen LogP contribution in [0.1, 0.15) is 34.4 Å². The molecule has 1 aliphatic carbocycles. The van der Waals surface area contributed by atoms with E-state index in [0.717, 1.165) is 16.7 Å². The van der Waals surface area contributed by atoms with E-state index in [-0.39, 0.29) is 22.7 Å². The molecule has 27 heavy (non-hydrogen) atoms. The lowest BCUT2D eigenvalue weighted by Crippen LogP contribution is -2.38. The molecule has 0 bridgehead atoms. The van der Waals surface area contributed by atoms with Gasteiger partial charge < -0.3 is 0 Å². The Morgan fingerprint density at radius 1 is 0.593 bits per heavy atom. The summed E-state index contributed by atoms with van der Waals surface area (Å²) in [6, 6.07) is 29.1. The molecule has 1 aliphatic rings. The molecule has 3 aromatic carbocycles. The van der Waals surface area contributed by atoms with Gasteiger partial charge in [0.1, 0.15) is 0 Å². The fourth-order valence-electron chi connectivity index (χ4n) is 4.23. The maximum atomic E-state index is 12.3. The zero-order valence-electron chi connectivity index (χ0n) is 14.9. The average Bonchev–Trinajstić information content (AvgIpc) is 2.74. The van der Waals surface area contributed by atoms with Crippen LogP contribution in [0.25, 0.3) is 0 Å². The van der Waals surface area contributed by atoms with Crippen LogP contribution in [0, 0.1) is 10.1 Å². The predicted octanol–water partition coefficient (Wildman–Crippen LogP) is 5.55. The molecule has 0 saturated heterocycles. The molecule has 0 aromatic heterocycles. The summed E-state index contributed by atoms with van der Waals surface area (Å²) in [7, 11) is 0. The van der Waals surface area contributed by atoms with Crippen molar-refractivity contribution in [2.75, 3.05) is 0 Å². The first-order valence-electron chi connectivity index (χ1n) is 9.22. The Morgan fingerprint density at radius 2 is 1.00 bits per heavy atom. The molecule has 3 aromatic rings. The number of hydrogen-bond acceptors (Lipinski definition) is 2. The van der Waals surface area contributed by atoms with Crippen molar-refractivity contribution >= 4 is 0 Å². The van der Waals surface area contributed by atoms with E-state index in [1.54, 1.807) is 0 Å². The lowest BCUT2D eigenvalue weighted by molar-refractivity contribution is -0.530. The summed E-state index contributed by atoms with van der Waals surface area (Å²) in [5.41, 5.74) is 3.11. The van der Waals surface area contributed by atoms with Gasteiger partial charge in [-0.3, -0.25) is 10.1 Å². The second-order valence-electron chi connectivity index (χ2n) is 6.97. The van der Waals surface area contributed by atoms with E-state index in [9.17, 15) is 10.1 Å². The van der Waals surface area contributed by atoms with Crippen LogP contribution < -0.4 is 0 Å². The minimum atomic E-state index is -0.718. The van der Waals surface area contributed by atoms with E-state index in [1.165, 1.54) is 0 Å². The van der Waals surface area contributed by atoms with Crippen LogP contribution in [-0.4, -0.2) is 11.0 Å². The summed E-state index contributed by atoms with van der Waals surface area (Å²) in [6.07, 6.45) is 4.19. The molecule has 0 aliphatic heterocycles. The largest absolute Gasteiger partial charge is 0.264 e. The fourth-order valence-corrected chi connectivity index (χ4v) is 4.23. The molecular formula is C24H21NO2. The zero-order valence-corrected chi connectivity index (χ0v) is 14.9. The molecule has 3 nitrogen and oxygen atoms in total. The van der Waals surface area contributed by atoms with Gasteiger partial charge in [0.05, 0.1) is 11.8 Å². The first-order valence-corrected chi connectivity index (χ1v) is 9.22. The van der Waals surface area contributed by atoms with Gasteiger partial charge in [0, 0.05) is 10.8 Å². The monoisotopic (exact) mass is 355 g/mol. The lowest BCUT2D eigenvalue weighted by atomic mass is 9.68. The van der Waals surface area contributed by atoms with Crippen molar-refractivity contribution in [1.29, 1.82) is 0 Å². The second-order valence-corrected chi connectivity index (χ2v) is 6.97. The summed E-state index contributed by atoms with van der Waals surface area (Å²) in [5, 5.41) is 12.3. The molecule has 0 amide bonds. The number of hydrogen-bond donors (Lipinski definition) is 0. The summed E-state index contributed by atoms with van der Waals surface area (Å²) in [6.45, 7) is 0. The third kappa shape index (κ3) is 3.41. The maximum Gasteiger partial charge on any atom is 0.230 e. The average molecular weight is 355 g/mol. The third-order valence-corrected chi connectivity index (χ3v) is 5.45. The Bertz CT molecular complexity index is 922. The molecule has 4 atom stereocenters. The van der Waals surface area contributed by atoms with Crippen LogP contribution in [0.3, 0.4) is 0 Å². The predicted molar refractivity (Wildman–Crippen MR) is 107 cm³/mol. The van der Waals surface area contributed by atoms with Gasteiger partial charge in [-0.15, -0.1) is 0 Å². The topological polar surface area (TPSA) is 43.1 Å². The standard InChI is InChI=1S/C24H21NO2/c26-25(27)24-22(19-12-6-2-7-13-19)17-16-21(18-10-4-1-5-11-18)23(24)20-14-8-3-9-15-20/h1-17,21-24H/t21-,22+,23+,24+/m1/s1. The molecule has 0 unspecified atom stereocenters. The van der Waals surface area contributed by atoms with Gasteiger partial charge in [-0.25, -0.2) is 0 Å². The van der Waals surface area contributed by atoms with Gasteiger partial charge in [-0.1, -0.05) is 103 Å². The lowest BCUT2D eigenvalue weighted by Gasteiger charge is -2.35. The summed E-state index contributed by atoms with van der Waals surface area (Å²) in [5.74, 6) is -0.492. The summed E-state index contributed by atoms with van der Waals surface area (Å²) >= 11 is 0. The number of rotatable bonds is 4. The summed E-state index contributed by atoms with van der Waals surface area (Å²) < 4.78 is 0. The number of allylic oxidation sites excluding steroid dienone is 1. The maximum absolute atomic E-state index is 12.3. The molecule has 0 radical (unpaired) electrons. The number of nitro groups is 1. The van der Waals surface area contributed by atoms with E-state index in [0.29, 0.717) is 0 Å². The first-order chi connectivity index (χ1) is 13.3. The van der Waals surface area contributed by atoms with Crippen LogP contribution in [0.2, 0.25) is 0 Å². The van der Waals surface area contributed by atoms with Crippen molar-refractivity contribution in [2.24, 2.45) is 0 Å². The van der Waals surface area contributed by atoms with Crippen molar-refractivity contribution in [1.82, 2.24) is 0 Å². The normalized spacial score (nSPS) is 24.4. The highest BCUT2D eigenvalue weighted by Crippen LogP contribution is 2.46. The Hall–Kier alpha value is -3.20. The number of nitrogens with zero attached hydrogens (tertiary/aromatic N) is 1. The fraction of sp³-hybridized carbons (Fsp3) is 0.167. The molecule has 0 spiro atoms. The van der Waals surface area contributed by atoms with E-state index in [4.69, 9.17) is 0 Å². The third-order valence-electron chi connectivity index (χ3n) is 5.45. The second kappa shape index (κ2) is 7.58. The van der Waals surface area contributed by atoms with Crippen molar-refractivity contribution in [3.05, 3.63) is 130 Å². The highest BCUT2D eigenvalue weighted by atomic mass is 16.6. The van der Waals surface area contributed by atoms with Gasteiger partial charge in [-0.2, -0.15) is 0 Å². The van der Waals surface area contributed by atoms with Crippen molar-refractivity contribution < 1.29 is 4.92 Å².